The van der Waals surface area contributed by atoms with Gasteiger partial charge in [0.25, 0.3) is 0 Å². The summed E-state index contributed by atoms with van der Waals surface area (Å²) in [5.41, 5.74) is 6.51. The highest BCUT2D eigenvalue weighted by Gasteiger charge is 2.28. The second-order valence-corrected chi connectivity index (χ2v) is 4.49. The van der Waals surface area contributed by atoms with Gasteiger partial charge < -0.3 is 15.6 Å². The lowest BCUT2D eigenvalue weighted by Gasteiger charge is -2.20. The molecule has 3 N–H and O–H groups in total. The van der Waals surface area contributed by atoms with Gasteiger partial charge in [-0.2, -0.15) is 0 Å². The first-order chi connectivity index (χ1) is 7.72. The van der Waals surface area contributed by atoms with Gasteiger partial charge in [-0.15, -0.1) is 0 Å². The van der Waals surface area contributed by atoms with Crippen molar-refractivity contribution in [3.63, 3.8) is 0 Å². The third-order valence-corrected chi connectivity index (χ3v) is 3.25. The molecule has 1 aromatic carbocycles. The van der Waals surface area contributed by atoms with Crippen LogP contribution in [-0.2, 0) is 6.54 Å². The van der Waals surface area contributed by atoms with E-state index in [1.54, 1.807) is 6.07 Å². The van der Waals surface area contributed by atoms with E-state index in [-0.39, 0.29) is 12.2 Å². The van der Waals surface area contributed by atoms with Gasteiger partial charge in [0, 0.05) is 12.1 Å². The summed E-state index contributed by atoms with van der Waals surface area (Å²) < 4.78 is 5.78. The zero-order valence-corrected chi connectivity index (χ0v) is 9.78. The van der Waals surface area contributed by atoms with Gasteiger partial charge in [-0.25, -0.2) is 0 Å². The Balaban J connectivity index is 2.19. The second-order valence-electron chi connectivity index (χ2n) is 4.09. The number of hydrogen-bond acceptors (Lipinski definition) is 3. The van der Waals surface area contributed by atoms with E-state index in [4.69, 9.17) is 22.1 Å². The van der Waals surface area contributed by atoms with Crippen LogP contribution in [0.3, 0.4) is 0 Å². The standard InChI is InChI=1S/C12H16ClNO2/c13-9-4-1-3-8(7-14)12(9)16-11-6-2-5-10(11)15/h1,3-4,10-11,15H,2,5-7,14H2. The Bertz CT molecular complexity index is 370. The van der Waals surface area contributed by atoms with Crippen LogP contribution in [0.15, 0.2) is 18.2 Å². The normalized spacial score (nSPS) is 24.7. The number of aliphatic hydroxyl groups excluding tert-OH is 1. The maximum atomic E-state index is 9.71. The molecule has 3 nitrogen and oxygen atoms in total. The molecule has 1 saturated carbocycles. The number of ether oxygens (including phenoxy) is 1. The molecule has 0 aromatic heterocycles. The van der Waals surface area contributed by atoms with Crippen LogP contribution < -0.4 is 10.5 Å². The van der Waals surface area contributed by atoms with Crippen LogP contribution in [0.4, 0.5) is 0 Å². The van der Waals surface area contributed by atoms with Gasteiger partial charge >= 0.3 is 0 Å². The molecule has 16 heavy (non-hydrogen) atoms. The highest BCUT2D eigenvalue weighted by molar-refractivity contribution is 6.32. The lowest BCUT2D eigenvalue weighted by Crippen LogP contribution is -2.26. The van der Waals surface area contributed by atoms with Gasteiger partial charge in [0.15, 0.2) is 0 Å². The van der Waals surface area contributed by atoms with E-state index in [0.29, 0.717) is 17.3 Å². The predicted molar refractivity (Wildman–Crippen MR) is 63.6 cm³/mol. The first-order valence-corrected chi connectivity index (χ1v) is 5.92. The van der Waals surface area contributed by atoms with E-state index in [1.807, 2.05) is 12.1 Å². The van der Waals surface area contributed by atoms with Crippen LogP contribution in [0, 0.1) is 0 Å². The summed E-state index contributed by atoms with van der Waals surface area (Å²) in [6.07, 6.45) is 2.13. The van der Waals surface area contributed by atoms with Crippen molar-refractivity contribution < 1.29 is 9.84 Å². The molecule has 0 radical (unpaired) electrons. The second kappa shape index (κ2) is 5.04. The van der Waals surface area contributed by atoms with Gasteiger partial charge in [0.2, 0.25) is 0 Å². The Morgan fingerprint density at radius 2 is 2.25 bits per heavy atom. The van der Waals surface area contributed by atoms with Crippen LogP contribution in [0.2, 0.25) is 5.02 Å². The molecule has 0 aliphatic heterocycles. The summed E-state index contributed by atoms with van der Waals surface area (Å²) in [7, 11) is 0. The van der Waals surface area contributed by atoms with Gasteiger partial charge in [-0.3, -0.25) is 0 Å². The van der Waals surface area contributed by atoms with Gasteiger partial charge in [0.1, 0.15) is 11.9 Å². The minimum atomic E-state index is -0.387. The fraction of sp³-hybridized carbons (Fsp3) is 0.500. The topological polar surface area (TPSA) is 55.5 Å². The maximum absolute atomic E-state index is 9.71. The van der Waals surface area contributed by atoms with Crippen molar-refractivity contribution >= 4 is 11.6 Å². The molecule has 2 rings (SSSR count). The molecule has 1 aliphatic rings. The van der Waals surface area contributed by atoms with Gasteiger partial charge in [-0.1, -0.05) is 23.7 Å². The minimum Gasteiger partial charge on any atom is -0.486 e. The van der Waals surface area contributed by atoms with E-state index < -0.39 is 0 Å². The van der Waals surface area contributed by atoms with Gasteiger partial charge in [0.05, 0.1) is 11.1 Å². The molecule has 2 atom stereocenters. The van der Waals surface area contributed by atoms with Crippen molar-refractivity contribution in [2.45, 2.75) is 38.0 Å². The van der Waals surface area contributed by atoms with Crippen LogP contribution in [0.1, 0.15) is 24.8 Å². The Hall–Kier alpha value is -0.770. The Kier molecular flexibility index (Phi) is 3.69. The summed E-state index contributed by atoms with van der Waals surface area (Å²) in [4.78, 5) is 0. The highest BCUT2D eigenvalue weighted by Crippen LogP contribution is 2.32. The van der Waals surface area contributed by atoms with E-state index in [2.05, 4.69) is 0 Å². The number of rotatable bonds is 3. The number of benzene rings is 1. The van der Waals surface area contributed by atoms with Gasteiger partial charge in [-0.05, 0) is 25.3 Å². The van der Waals surface area contributed by atoms with Crippen molar-refractivity contribution in [1.29, 1.82) is 0 Å². The van der Waals surface area contributed by atoms with Crippen molar-refractivity contribution in [3.05, 3.63) is 28.8 Å². The molecule has 88 valence electrons. The third kappa shape index (κ3) is 2.32. The smallest absolute Gasteiger partial charge is 0.142 e. The van der Waals surface area contributed by atoms with E-state index in [1.165, 1.54) is 0 Å². The number of para-hydroxylation sites is 1. The molecule has 0 amide bonds. The lowest BCUT2D eigenvalue weighted by molar-refractivity contribution is 0.0599. The van der Waals surface area contributed by atoms with E-state index in [9.17, 15) is 5.11 Å². The van der Waals surface area contributed by atoms with Crippen LogP contribution >= 0.6 is 11.6 Å². The van der Waals surface area contributed by atoms with Crippen molar-refractivity contribution in [2.24, 2.45) is 5.73 Å². The van der Waals surface area contributed by atoms with E-state index in [0.717, 1.165) is 24.8 Å². The molecule has 4 heteroatoms. The van der Waals surface area contributed by atoms with Crippen molar-refractivity contribution in [3.8, 4) is 5.75 Å². The summed E-state index contributed by atoms with van der Waals surface area (Å²) in [5.74, 6) is 0.623. The Labute approximate surface area is 100 Å². The molecule has 1 aromatic rings. The molecule has 0 heterocycles. The Morgan fingerprint density at radius 1 is 1.44 bits per heavy atom. The quantitative estimate of drug-likeness (QED) is 0.852. The first-order valence-electron chi connectivity index (χ1n) is 5.54. The van der Waals surface area contributed by atoms with Crippen molar-refractivity contribution in [1.82, 2.24) is 0 Å². The SMILES string of the molecule is NCc1cccc(Cl)c1OC1CCCC1O. The van der Waals surface area contributed by atoms with Crippen LogP contribution in [0.25, 0.3) is 0 Å². The molecule has 0 bridgehead atoms. The number of aliphatic hydroxyl groups is 1. The largest absolute Gasteiger partial charge is 0.486 e. The Morgan fingerprint density at radius 3 is 2.88 bits per heavy atom. The van der Waals surface area contributed by atoms with Crippen LogP contribution in [0.5, 0.6) is 5.75 Å². The molecular formula is C12H16ClNO2. The number of nitrogens with two attached hydrogens (primary N) is 1. The highest BCUT2D eigenvalue weighted by atomic mass is 35.5. The predicted octanol–water partition coefficient (Wildman–Crippen LogP) is 2.09. The maximum Gasteiger partial charge on any atom is 0.142 e. The fourth-order valence-electron chi connectivity index (χ4n) is 2.04. The fourth-order valence-corrected chi connectivity index (χ4v) is 2.28. The minimum absolute atomic E-state index is 0.148. The summed E-state index contributed by atoms with van der Waals surface area (Å²) in [6.45, 7) is 0.388. The molecule has 2 unspecified atom stereocenters. The first kappa shape index (κ1) is 11.7. The monoisotopic (exact) mass is 241 g/mol. The van der Waals surface area contributed by atoms with Crippen LogP contribution in [-0.4, -0.2) is 17.3 Å². The third-order valence-electron chi connectivity index (χ3n) is 2.96. The zero-order valence-electron chi connectivity index (χ0n) is 9.03. The molecule has 0 saturated heterocycles. The molecule has 1 fully saturated rings. The summed E-state index contributed by atoms with van der Waals surface area (Å²) in [5, 5.41) is 10.3. The lowest BCUT2D eigenvalue weighted by atomic mass is 10.2. The summed E-state index contributed by atoms with van der Waals surface area (Å²) in [6, 6.07) is 5.52. The van der Waals surface area contributed by atoms with E-state index >= 15 is 0 Å². The average molecular weight is 242 g/mol. The number of halogens is 1. The molecule has 1 aliphatic carbocycles. The molecular weight excluding hydrogens is 226 g/mol. The van der Waals surface area contributed by atoms with Crippen molar-refractivity contribution in [2.75, 3.05) is 0 Å². The number of hydrogen-bond donors (Lipinski definition) is 2. The molecule has 0 spiro atoms. The summed E-state index contributed by atoms with van der Waals surface area (Å²) >= 11 is 6.07. The zero-order chi connectivity index (χ0) is 11.5. The average Bonchev–Trinajstić information content (AvgIpc) is 2.67.